The highest BCUT2D eigenvalue weighted by Gasteiger charge is 2.31. The van der Waals surface area contributed by atoms with Crippen molar-refractivity contribution >= 4 is 24.5 Å². The van der Waals surface area contributed by atoms with Gasteiger partial charge in [-0.15, -0.1) is 12.4 Å². The summed E-state index contributed by atoms with van der Waals surface area (Å²) in [6.45, 7) is 0.168. The Morgan fingerprint density at radius 3 is 1.68 bits per heavy atom. The van der Waals surface area contributed by atoms with Crippen LogP contribution in [0.2, 0.25) is 0 Å². The molecule has 5 rings (SSSR count). The maximum absolute atomic E-state index is 13.1. The number of carbonyl (C=O) groups is 2. The number of carboxylic acid groups (broad SMARTS) is 1. The van der Waals surface area contributed by atoms with E-state index in [0.717, 1.165) is 33.4 Å². The normalized spacial score (nSPS) is 12.7. The highest BCUT2D eigenvalue weighted by Crippen LogP contribution is 2.44. The van der Waals surface area contributed by atoms with Gasteiger partial charge in [-0.25, -0.2) is 4.79 Å². The van der Waals surface area contributed by atoms with Crippen molar-refractivity contribution in [2.75, 3.05) is 6.61 Å². The lowest BCUT2D eigenvalue weighted by atomic mass is 9.83. The molecule has 6 heteroatoms. The number of amides is 1. The number of halogens is 1. The van der Waals surface area contributed by atoms with Crippen molar-refractivity contribution in [3.63, 3.8) is 0 Å². The van der Waals surface area contributed by atoms with Crippen LogP contribution < -0.4 is 5.32 Å². The molecule has 4 aromatic rings. The number of hydrogen-bond acceptors (Lipinski definition) is 3. The number of fused-ring (bicyclic) bond motifs is 3. The van der Waals surface area contributed by atoms with Gasteiger partial charge in [-0.2, -0.15) is 0 Å². The fraction of sp³-hybridized carbons (Fsp3) is 0.161. The summed E-state index contributed by atoms with van der Waals surface area (Å²) in [7, 11) is 0. The second-order valence-corrected chi connectivity index (χ2v) is 8.97. The summed E-state index contributed by atoms with van der Waals surface area (Å²) in [5.74, 6) is -1.40. The van der Waals surface area contributed by atoms with Gasteiger partial charge >= 0.3 is 12.1 Å². The Labute approximate surface area is 222 Å². The van der Waals surface area contributed by atoms with Crippen molar-refractivity contribution in [3.8, 4) is 11.1 Å². The van der Waals surface area contributed by atoms with E-state index in [1.54, 1.807) is 0 Å². The monoisotopic (exact) mass is 513 g/mol. The van der Waals surface area contributed by atoms with Crippen molar-refractivity contribution in [1.82, 2.24) is 5.32 Å². The van der Waals surface area contributed by atoms with Gasteiger partial charge in [0, 0.05) is 11.8 Å². The molecule has 2 N–H and O–H groups in total. The first-order valence-corrected chi connectivity index (χ1v) is 12.0. The van der Waals surface area contributed by atoms with Crippen LogP contribution in [-0.4, -0.2) is 29.8 Å². The Hall–Kier alpha value is -4.09. The average molecular weight is 514 g/mol. The van der Waals surface area contributed by atoms with E-state index in [9.17, 15) is 14.7 Å². The molecule has 0 saturated heterocycles. The first kappa shape index (κ1) is 26.0. The van der Waals surface area contributed by atoms with Gasteiger partial charge in [-0.1, -0.05) is 109 Å². The molecule has 0 aliphatic heterocycles. The summed E-state index contributed by atoms with van der Waals surface area (Å²) >= 11 is 0. The number of hydrogen-bond donors (Lipinski definition) is 2. The lowest BCUT2D eigenvalue weighted by Gasteiger charge is -2.28. The molecule has 0 fully saturated rings. The fourth-order valence-corrected chi connectivity index (χ4v) is 5.21. The van der Waals surface area contributed by atoms with Gasteiger partial charge in [0.1, 0.15) is 6.61 Å². The molecule has 0 bridgehead atoms. The van der Waals surface area contributed by atoms with Gasteiger partial charge in [-0.05, 0) is 33.4 Å². The number of alkyl carbamates (subject to hydrolysis) is 1. The van der Waals surface area contributed by atoms with Crippen LogP contribution in [0.4, 0.5) is 4.79 Å². The third kappa shape index (κ3) is 5.68. The summed E-state index contributed by atoms with van der Waals surface area (Å²) in [6, 6.07) is 34.9. The number of aliphatic carboxylic acids is 1. The van der Waals surface area contributed by atoms with Crippen molar-refractivity contribution < 1.29 is 19.4 Å². The van der Waals surface area contributed by atoms with Gasteiger partial charge in [0.25, 0.3) is 0 Å². The molecule has 1 aliphatic carbocycles. The molecule has 0 radical (unpaired) electrons. The van der Waals surface area contributed by atoms with E-state index in [2.05, 4.69) is 29.6 Å². The van der Waals surface area contributed by atoms with Crippen molar-refractivity contribution in [1.29, 1.82) is 0 Å². The number of rotatable bonds is 8. The van der Waals surface area contributed by atoms with Gasteiger partial charge in [-0.3, -0.25) is 4.79 Å². The Morgan fingerprint density at radius 1 is 0.730 bits per heavy atom. The maximum atomic E-state index is 13.1. The van der Waals surface area contributed by atoms with E-state index >= 15 is 0 Å². The van der Waals surface area contributed by atoms with Crippen LogP contribution >= 0.6 is 12.4 Å². The molecule has 0 heterocycles. The molecular formula is C31H28ClNO4. The second-order valence-electron chi connectivity index (χ2n) is 8.97. The van der Waals surface area contributed by atoms with Gasteiger partial charge < -0.3 is 15.2 Å². The zero-order chi connectivity index (χ0) is 24.9. The van der Waals surface area contributed by atoms with E-state index in [1.165, 1.54) is 0 Å². The Bertz CT molecular complexity index is 1280. The van der Waals surface area contributed by atoms with Gasteiger partial charge in [0.05, 0.1) is 12.5 Å². The predicted molar refractivity (Wildman–Crippen MR) is 146 cm³/mol. The number of ether oxygens (including phenoxy) is 1. The zero-order valence-electron chi connectivity index (χ0n) is 20.1. The molecule has 0 aromatic heterocycles. The summed E-state index contributed by atoms with van der Waals surface area (Å²) in [6.07, 6.45) is -0.862. The molecular weight excluding hydrogens is 486 g/mol. The van der Waals surface area contributed by atoms with Crippen LogP contribution in [0.5, 0.6) is 0 Å². The molecule has 1 aliphatic rings. The van der Waals surface area contributed by atoms with E-state index < -0.39 is 18.1 Å². The third-order valence-electron chi connectivity index (χ3n) is 6.76. The molecule has 0 saturated carbocycles. The van der Waals surface area contributed by atoms with E-state index in [1.807, 2.05) is 84.9 Å². The standard InChI is InChI=1S/C31H27NO4.ClH/c33-29(34)19-28(30(21-11-3-1-4-12-21)22-13-5-2-6-14-22)32-31(35)36-20-27-25-17-9-7-15-23(25)24-16-8-10-18-26(24)27;/h1-18,27-28,30H,19-20H2,(H,32,35)(H,33,34);1H. The minimum Gasteiger partial charge on any atom is -0.481 e. The van der Waals surface area contributed by atoms with Crippen LogP contribution in [0.25, 0.3) is 11.1 Å². The Balaban J connectivity index is 0.00000320. The molecule has 0 spiro atoms. The molecule has 1 unspecified atom stereocenters. The topological polar surface area (TPSA) is 75.6 Å². The quantitative estimate of drug-likeness (QED) is 0.277. The lowest BCUT2D eigenvalue weighted by Crippen LogP contribution is -2.42. The first-order valence-electron chi connectivity index (χ1n) is 12.0. The molecule has 4 aromatic carbocycles. The van der Waals surface area contributed by atoms with E-state index in [0.29, 0.717) is 0 Å². The third-order valence-corrected chi connectivity index (χ3v) is 6.76. The summed E-state index contributed by atoms with van der Waals surface area (Å²) in [5.41, 5.74) is 6.40. The maximum Gasteiger partial charge on any atom is 0.407 e. The van der Waals surface area contributed by atoms with E-state index in [4.69, 9.17) is 4.74 Å². The van der Waals surface area contributed by atoms with Crippen molar-refractivity contribution in [2.24, 2.45) is 0 Å². The zero-order valence-corrected chi connectivity index (χ0v) is 20.9. The van der Waals surface area contributed by atoms with Crippen molar-refractivity contribution in [2.45, 2.75) is 24.3 Å². The smallest absolute Gasteiger partial charge is 0.407 e. The van der Waals surface area contributed by atoms with Crippen LogP contribution in [0.15, 0.2) is 109 Å². The van der Waals surface area contributed by atoms with Gasteiger partial charge in [0.2, 0.25) is 0 Å². The number of nitrogens with one attached hydrogen (secondary N) is 1. The number of carbonyl (C=O) groups excluding carboxylic acids is 1. The highest BCUT2D eigenvalue weighted by molar-refractivity contribution is 5.85. The average Bonchev–Trinajstić information content (AvgIpc) is 3.22. The summed E-state index contributed by atoms with van der Waals surface area (Å²) in [5, 5.41) is 12.5. The molecule has 1 amide bonds. The first-order chi connectivity index (χ1) is 17.6. The molecule has 37 heavy (non-hydrogen) atoms. The Kier molecular flexibility index (Phi) is 8.26. The van der Waals surface area contributed by atoms with Gasteiger partial charge in [0.15, 0.2) is 0 Å². The Morgan fingerprint density at radius 2 is 1.19 bits per heavy atom. The fourth-order valence-electron chi connectivity index (χ4n) is 5.21. The minimum absolute atomic E-state index is 0. The van der Waals surface area contributed by atoms with Crippen molar-refractivity contribution in [3.05, 3.63) is 131 Å². The molecule has 5 nitrogen and oxygen atoms in total. The van der Waals surface area contributed by atoms with Crippen LogP contribution in [0, 0.1) is 0 Å². The predicted octanol–water partition coefficient (Wildman–Crippen LogP) is 6.62. The summed E-state index contributed by atoms with van der Waals surface area (Å²) < 4.78 is 5.73. The van der Waals surface area contributed by atoms with Crippen LogP contribution in [-0.2, 0) is 9.53 Å². The number of carboxylic acids is 1. The van der Waals surface area contributed by atoms with Crippen LogP contribution in [0.1, 0.15) is 40.5 Å². The SMILES string of the molecule is Cl.O=C(O)CC(NC(=O)OCC1c2ccccc2-c2ccccc21)C(c1ccccc1)c1ccccc1. The lowest BCUT2D eigenvalue weighted by molar-refractivity contribution is -0.137. The highest BCUT2D eigenvalue weighted by atomic mass is 35.5. The largest absolute Gasteiger partial charge is 0.481 e. The molecule has 1 atom stereocenters. The van der Waals surface area contributed by atoms with E-state index in [-0.39, 0.29) is 37.3 Å². The number of benzene rings is 4. The minimum atomic E-state index is -0.990. The van der Waals surface area contributed by atoms with Crippen LogP contribution in [0.3, 0.4) is 0 Å². The molecule has 188 valence electrons. The summed E-state index contributed by atoms with van der Waals surface area (Å²) in [4.78, 5) is 24.9. The second kappa shape index (κ2) is 11.8.